The number of carboxylic acids is 1. The number of hydrogen-bond donors (Lipinski definition) is 7. The number of carbonyl (C=O) groups excluding carboxylic acids is 3. The first-order chi connectivity index (χ1) is 18.6. The van der Waals surface area contributed by atoms with Crippen LogP contribution in [0.25, 0.3) is 10.9 Å². The van der Waals surface area contributed by atoms with Gasteiger partial charge < -0.3 is 36.9 Å². The Morgan fingerprint density at radius 1 is 0.846 bits per heavy atom. The predicted octanol–water partition coefficient (Wildman–Crippen LogP) is 0.468. The molecule has 0 radical (unpaired) electrons. The van der Waals surface area contributed by atoms with Gasteiger partial charge in [0.15, 0.2) is 0 Å². The fourth-order valence-electron chi connectivity index (χ4n) is 4.19. The van der Waals surface area contributed by atoms with Crippen LogP contribution in [0.2, 0.25) is 0 Å². The van der Waals surface area contributed by atoms with Crippen LogP contribution in [-0.2, 0) is 32.0 Å². The molecule has 2 aromatic carbocycles. The van der Waals surface area contributed by atoms with Crippen LogP contribution in [0.3, 0.4) is 0 Å². The average Bonchev–Trinajstić information content (AvgIpc) is 3.33. The molecule has 4 atom stereocenters. The minimum atomic E-state index is -1.24. The Morgan fingerprint density at radius 2 is 1.44 bits per heavy atom. The molecule has 208 valence electrons. The number of aromatic amines is 1. The summed E-state index contributed by atoms with van der Waals surface area (Å²) in [7, 11) is 0. The lowest BCUT2D eigenvalue weighted by Gasteiger charge is -2.26. The van der Waals surface area contributed by atoms with E-state index in [1.165, 1.54) is 0 Å². The van der Waals surface area contributed by atoms with E-state index in [-0.39, 0.29) is 12.8 Å². The number of nitrogens with two attached hydrogens (primary N) is 1. The minimum Gasteiger partial charge on any atom is -0.480 e. The highest BCUT2D eigenvalue weighted by molar-refractivity contribution is 5.95. The van der Waals surface area contributed by atoms with Gasteiger partial charge in [0.2, 0.25) is 17.7 Å². The van der Waals surface area contributed by atoms with Gasteiger partial charge in [0.25, 0.3) is 0 Å². The zero-order chi connectivity index (χ0) is 28.5. The molecule has 0 saturated heterocycles. The number of benzene rings is 2. The first kappa shape index (κ1) is 29.3. The molecule has 3 aromatic rings. The SMILES string of the molecule is CC(C)C(NC(=O)C(Cc1ccccc1)NC(=O)C(Cc1c[nH]c2ccccc12)NC(=O)C(N)CO)C(=O)O. The molecule has 8 N–H and O–H groups in total. The number of aliphatic hydroxyl groups excluding tert-OH is 1. The highest BCUT2D eigenvalue weighted by atomic mass is 16.4. The average molecular weight is 538 g/mol. The number of carboxylic acid groups (broad SMARTS) is 1. The highest BCUT2D eigenvalue weighted by Gasteiger charge is 2.32. The summed E-state index contributed by atoms with van der Waals surface area (Å²) in [6.45, 7) is 2.72. The van der Waals surface area contributed by atoms with Crippen LogP contribution in [-0.4, -0.2) is 69.7 Å². The van der Waals surface area contributed by atoms with Gasteiger partial charge >= 0.3 is 5.97 Å². The number of nitrogens with one attached hydrogen (secondary N) is 4. The first-order valence-electron chi connectivity index (χ1n) is 12.7. The van der Waals surface area contributed by atoms with Gasteiger partial charge in [-0.1, -0.05) is 62.4 Å². The number of aliphatic carboxylic acids is 1. The zero-order valence-corrected chi connectivity index (χ0v) is 21.9. The Bertz CT molecular complexity index is 1290. The second kappa shape index (κ2) is 13.5. The number of aromatic nitrogens is 1. The van der Waals surface area contributed by atoms with Gasteiger partial charge in [-0.05, 0) is 23.1 Å². The Balaban J connectivity index is 1.89. The summed E-state index contributed by atoms with van der Waals surface area (Å²) in [4.78, 5) is 54.2. The highest BCUT2D eigenvalue weighted by Crippen LogP contribution is 2.19. The molecule has 0 bridgehead atoms. The molecule has 0 aliphatic carbocycles. The van der Waals surface area contributed by atoms with Crippen molar-refractivity contribution in [1.82, 2.24) is 20.9 Å². The molecule has 0 aliphatic heterocycles. The number of aliphatic hydroxyl groups is 1. The number of carbonyl (C=O) groups is 4. The smallest absolute Gasteiger partial charge is 0.326 e. The molecule has 0 aliphatic rings. The molecule has 0 fully saturated rings. The van der Waals surface area contributed by atoms with E-state index in [4.69, 9.17) is 5.73 Å². The van der Waals surface area contributed by atoms with Gasteiger partial charge in [-0.15, -0.1) is 0 Å². The van der Waals surface area contributed by atoms with Crippen LogP contribution in [0.1, 0.15) is 25.0 Å². The fourth-order valence-corrected chi connectivity index (χ4v) is 4.19. The summed E-state index contributed by atoms with van der Waals surface area (Å²) < 4.78 is 0. The van der Waals surface area contributed by atoms with Crippen molar-refractivity contribution in [2.75, 3.05) is 6.61 Å². The maximum atomic E-state index is 13.6. The van der Waals surface area contributed by atoms with Gasteiger partial charge in [-0.25, -0.2) is 4.79 Å². The maximum absolute atomic E-state index is 13.6. The van der Waals surface area contributed by atoms with Gasteiger partial charge in [0.1, 0.15) is 24.2 Å². The van der Waals surface area contributed by atoms with E-state index < -0.39 is 60.4 Å². The summed E-state index contributed by atoms with van der Waals surface area (Å²) in [6, 6.07) is 11.8. The summed E-state index contributed by atoms with van der Waals surface area (Å²) in [5.41, 5.74) is 8.01. The summed E-state index contributed by atoms with van der Waals surface area (Å²) >= 11 is 0. The number of hydrogen-bond acceptors (Lipinski definition) is 6. The normalized spacial score (nSPS) is 14.3. The van der Waals surface area contributed by atoms with E-state index in [0.717, 1.165) is 22.0 Å². The van der Waals surface area contributed by atoms with E-state index in [2.05, 4.69) is 20.9 Å². The molecular weight excluding hydrogens is 502 g/mol. The molecule has 1 aromatic heterocycles. The molecule has 3 rings (SSSR count). The topological polar surface area (TPSA) is 187 Å². The van der Waals surface area contributed by atoms with E-state index in [1.807, 2.05) is 30.3 Å². The van der Waals surface area contributed by atoms with Crippen LogP contribution < -0.4 is 21.7 Å². The van der Waals surface area contributed by atoms with Crippen molar-refractivity contribution >= 4 is 34.6 Å². The fraction of sp³-hybridized carbons (Fsp3) is 0.357. The Hall–Kier alpha value is -4.22. The maximum Gasteiger partial charge on any atom is 0.326 e. The van der Waals surface area contributed by atoms with Gasteiger partial charge in [0.05, 0.1) is 6.61 Å². The quantitative estimate of drug-likeness (QED) is 0.165. The lowest BCUT2D eigenvalue weighted by Crippen LogP contribution is -2.58. The lowest BCUT2D eigenvalue weighted by molar-refractivity contribution is -0.143. The molecule has 39 heavy (non-hydrogen) atoms. The third-order valence-corrected chi connectivity index (χ3v) is 6.41. The second-order valence-electron chi connectivity index (χ2n) is 9.73. The van der Waals surface area contributed by atoms with E-state index in [1.54, 1.807) is 44.3 Å². The standard InChI is InChI=1S/C28H35N5O6/c1-16(2)24(28(38)39)33-27(37)22(12-17-8-4-3-5-9-17)32-26(36)23(31-25(35)20(29)15-34)13-18-14-30-21-11-7-6-10-19(18)21/h3-11,14,16,20,22-24,30,34H,12-13,15,29H2,1-2H3,(H,31,35)(H,32,36)(H,33,37)(H,38,39). The number of fused-ring (bicyclic) bond motifs is 1. The monoisotopic (exact) mass is 537 g/mol. The van der Waals surface area contributed by atoms with E-state index in [9.17, 15) is 29.4 Å². The molecule has 3 amide bonds. The van der Waals surface area contributed by atoms with Gasteiger partial charge in [0, 0.05) is 29.9 Å². The van der Waals surface area contributed by atoms with Crippen LogP contribution in [0.5, 0.6) is 0 Å². The molecular formula is C28H35N5O6. The molecule has 4 unspecified atom stereocenters. The van der Waals surface area contributed by atoms with Crippen LogP contribution in [0.4, 0.5) is 0 Å². The zero-order valence-electron chi connectivity index (χ0n) is 21.9. The number of amides is 3. The van der Waals surface area contributed by atoms with E-state index in [0.29, 0.717) is 0 Å². The third kappa shape index (κ3) is 7.88. The Labute approximate surface area is 226 Å². The van der Waals surface area contributed by atoms with Gasteiger partial charge in [-0.3, -0.25) is 14.4 Å². The predicted molar refractivity (Wildman–Crippen MR) is 145 cm³/mol. The van der Waals surface area contributed by atoms with Gasteiger partial charge in [-0.2, -0.15) is 0 Å². The van der Waals surface area contributed by atoms with Crippen LogP contribution in [0.15, 0.2) is 60.8 Å². The first-order valence-corrected chi connectivity index (χ1v) is 12.7. The van der Waals surface area contributed by atoms with Crippen molar-refractivity contribution in [2.45, 2.75) is 50.9 Å². The molecule has 0 saturated carbocycles. The second-order valence-corrected chi connectivity index (χ2v) is 9.73. The molecule has 0 spiro atoms. The molecule has 11 heteroatoms. The molecule has 11 nitrogen and oxygen atoms in total. The minimum absolute atomic E-state index is 0.0726. The van der Waals surface area contributed by atoms with Crippen molar-refractivity contribution in [3.63, 3.8) is 0 Å². The summed E-state index contributed by atoms with van der Waals surface area (Å²) in [5, 5.41) is 27.5. The number of H-pyrrole nitrogens is 1. The van der Waals surface area contributed by atoms with Crippen molar-refractivity contribution in [2.24, 2.45) is 11.7 Å². The Kier molecular flexibility index (Phi) is 10.2. The Morgan fingerprint density at radius 3 is 2.08 bits per heavy atom. The number of rotatable bonds is 13. The van der Waals surface area contributed by atoms with Crippen molar-refractivity contribution in [3.8, 4) is 0 Å². The van der Waals surface area contributed by atoms with E-state index >= 15 is 0 Å². The lowest BCUT2D eigenvalue weighted by atomic mass is 10.0. The largest absolute Gasteiger partial charge is 0.480 e. The van der Waals surface area contributed by atoms with Crippen molar-refractivity contribution < 1.29 is 29.4 Å². The number of para-hydroxylation sites is 1. The summed E-state index contributed by atoms with van der Waals surface area (Å²) in [6.07, 6.45) is 1.90. The summed E-state index contributed by atoms with van der Waals surface area (Å²) in [5.74, 6) is -3.64. The van der Waals surface area contributed by atoms with Crippen molar-refractivity contribution in [1.29, 1.82) is 0 Å². The van der Waals surface area contributed by atoms with Crippen molar-refractivity contribution in [3.05, 3.63) is 71.9 Å². The molecule has 1 heterocycles. The van der Waals surface area contributed by atoms with Crippen LogP contribution in [0, 0.1) is 5.92 Å². The van der Waals surface area contributed by atoms with Crippen LogP contribution >= 0.6 is 0 Å². The third-order valence-electron chi connectivity index (χ3n) is 6.41.